The van der Waals surface area contributed by atoms with Crippen LogP contribution < -0.4 is 14.2 Å². The molecule has 1 unspecified atom stereocenters. The summed E-state index contributed by atoms with van der Waals surface area (Å²) in [6.45, 7) is 1.49. The van der Waals surface area contributed by atoms with Gasteiger partial charge in [0.1, 0.15) is 5.75 Å². The summed E-state index contributed by atoms with van der Waals surface area (Å²) in [7, 11) is 4.88. The number of hydrogen-bond donors (Lipinski definition) is 0. The maximum absolute atomic E-state index is 12.5. The van der Waals surface area contributed by atoms with Gasteiger partial charge in [-0.15, -0.1) is 12.4 Å². The fourth-order valence-electron chi connectivity index (χ4n) is 5.81. The molecule has 1 fully saturated rings. The van der Waals surface area contributed by atoms with Crippen molar-refractivity contribution in [2.45, 2.75) is 76.3 Å². The summed E-state index contributed by atoms with van der Waals surface area (Å²) in [5, 5.41) is 0. The first-order chi connectivity index (χ1) is 17.6. The van der Waals surface area contributed by atoms with E-state index in [2.05, 4.69) is 23.1 Å². The van der Waals surface area contributed by atoms with E-state index in [0.717, 1.165) is 38.0 Å². The Morgan fingerprint density at radius 1 is 0.838 bits per heavy atom. The average molecular weight is 532 g/mol. The van der Waals surface area contributed by atoms with E-state index in [-0.39, 0.29) is 18.4 Å². The number of carbonyl (C=O) groups is 1. The first-order valence-electron chi connectivity index (χ1n) is 13.4. The first kappa shape index (κ1) is 29.1. The molecule has 6 nitrogen and oxygen atoms in total. The molecule has 0 saturated heterocycles. The van der Waals surface area contributed by atoms with Crippen LogP contribution in [0.15, 0.2) is 36.4 Å². The van der Waals surface area contributed by atoms with E-state index in [1.807, 2.05) is 0 Å². The normalized spacial score (nSPS) is 17.5. The SMILES string of the molecule is COc1ccc2c(c1)CCC(N(CCCCOC(=O)c1ccc(OC)c(OC)c1)C1CCCCC1)C2.Cl. The van der Waals surface area contributed by atoms with Crippen LogP contribution in [-0.2, 0) is 17.6 Å². The molecule has 0 amide bonds. The van der Waals surface area contributed by atoms with Gasteiger partial charge in [-0.2, -0.15) is 0 Å². The quantitative estimate of drug-likeness (QED) is 0.252. The summed E-state index contributed by atoms with van der Waals surface area (Å²) in [5.74, 6) is 1.77. The zero-order chi connectivity index (χ0) is 25.3. The van der Waals surface area contributed by atoms with Gasteiger partial charge in [-0.1, -0.05) is 25.3 Å². The van der Waals surface area contributed by atoms with Crippen molar-refractivity contribution in [1.82, 2.24) is 4.90 Å². The second-order valence-corrected chi connectivity index (χ2v) is 9.97. The van der Waals surface area contributed by atoms with E-state index in [0.29, 0.717) is 35.8 Å². The van der Waals surface area contributed by atoms with E-state index in [1.165, 1.54) is 49.7 Å². The molecule has 2 aliphatic carbocycles. The number of rotatable bonds is 11. The number of benzene rings is 2. The lowest BCUT2D eigenvalue weighted by Crippen LogP contribution is -2.47. The molecule has 7 heteroatoms. The van der Waals surface area contributed by atoms with Crippen LogP contribution in [0.3, 0.4) is 0 Å². The van der Waals surface area contributed by atoms with Gasteiger partial charge in [-0.05, 0) is 92.9 Å². The third-order valence-electron chi connectivity index (χ3n) is 7.79. The zero-order valence-corrected chi connectivity index (χ0v) is 23.3. The predicted octanol–water partition coefficient (Wildman–Crippen LogP) is 6.26. The van der Waals surface area contributed by atoms with Crippen molar-refractivity contribution in [1.29, 1.82) is 0 Å². The fourth-order valence-corrected chi connectivity index (χ4v) is 5.81. The van der Waals surface area contributed by atoms with Gasteiger partial charge >= 0.3 is 5.97 Å². The Labute approximate surface area is 228 Å². The highest BCUT2D eigenvalue weighted by atomic mass is 35.5. The fraction of sp³-hybridized carbons (Fsp3) is 0.567. The molecule has 1 saturated carbocycles. The molecule has 0 heterocycles. The molecule has 37 heavy (non-hydrogen) atoms. The van der Waals surface area contributed by atoms with Crippen molar-refractivity contribution in [3.8, 4) is 17.2 Å². The summed E-state index contributed by atoms with van der Waals surface area (Å²) in [5.41, 5.74) is 3.39. The van der Waals surface area contributed by atoms with Crippen LogP contribution >= 0.6 is 12.4 Å². The molecule has 204 valence electrons. The summed E-state index contributed by atoms with van der Waals surface area (Å²) < 4.78 is 21.6. The van der Waals surface area contributed by atoms with E-state index in [1.54, 1.807) is 39.5 Å². The highest BCUT2D eigenvalue weighted by molar-refractivity contribution is 5.90. The van der Waals surface area contributed by atoms with E-state index >= 15 is 0 Å². The topological polar surface area (TPSA) is 57.2 Å². The van der Waals surface area contributed by atoms with Gasteiger partial charge in [0.05, 0.1) is 33.5 Å². The van der Waals surface area contributed by atoms with Gasteiger partial charge in [0, 0.05) is 12.1 Å². The Morgan fingerprint density at radius 3 is 2.35 bits per heavy atom. The van der Waals surface area contributed by atoms with Crippen molar-refractivity contribution in [2.24, 2.45) is 0 Å². The molecule has 0 bridgehead atoms. The molecule has 0 aliphatic heterocycles. The van der Waals surface area contributed by atoms with Crippen molar-refractivity contribution < 1.29 is 23.7 Å². The van der Waals surface area contributed by atoms with Crippen molar-refractivity contribution in [3.63, 3.8) is 0 Å². The second kappa shape index (κ2) is 14.5. The van der Waals surface area contributed by atoms with Gasteiger partial charge in [0.2, 0.25) is 0 Å². The minimum Gasteiger partial charge on any atom is -0.497 e. The number of hydrogen-bond acceptors (Lipinski definition) is 6. The molecule has 0 aromatic heterocycles. The Kier molecular flexibility index (Phi) is 11.4. The van der Waals surface area contributed by atoms with Gasteiger partial charge in [0.25, 0.3) is 0 Å². The Hall–Kier alpha value is -2.44. The van der Waals surface area contributed by atoms with Crippen molar-refractivity contribution in [3.05, 3.63) is 53.1 Å². The number of aryl methyl sites for hydroxylation is 1. The minimum absolute atomic E-state index is 0. The van der Waals surface area contributed by atoms with Gasteiger partial charge in [-0.25, -0.2) is 4.79 Å². The Bertz CT molecular complexity index is 1010. The van der Waals surface area contributed by atoms with Crippen LogP contribution in [-0.4, -0.2) is 57.4 Å². The van der Waals surface area contributed by atoms with Crippen LogP contribution in [0.4, 0.5) is 0 Å². The molecule has 0 N–H and O–H groups in total. The lowest BCUT2D eigenvalue weighted by Gasteiger charge is -2.42. The van der Waals surface area contributed by atoms with Crippen LogP contribution in [0.5, 0.6) is 17.2 Å². The van der Waals surface area contributed by atoms with E-state index in [4.69, 9.17) is 18.9 Å². The number of fused-ring (bicyclic) bond motifs is 1. The number of carbonyl (C=O) groups excluding carboxylic acids is 1. The molecule has 2 aliphatic rings. The average Bonchev–Trinajstić information content (AvgIpc) is 2.94. The monoisotopic (exact) mass is 531 g/mol. The van der Waals surface area contributed by atoms with Gasteiger partial charge in [0.15, 0.2) is 11.5 Å². The predicted molar refractivity (Wildman–Crippen MR) is 149 cm³/mol. The summed E-state index contributed by atoms with van der Waals surface area (Å²) >= 11 is 0. The number of halogens is 1. The third-order valence-corrected chi connectivity index (χ3v) is 7.79. The highest BCUT2D eigenvalue weighted by Gasteiger charge is 2.30. The van der Waals surface area contributed by atoms with Crippen LogP contribution in [0, 0.1) is 0 Å². The number of methoxy groups -OCH3 is 3. The molecule has 1 atom stereocenters. The third kappa shape index (κ3) is 7.55. The molecule has 2 aromatic carbocycles. The Balaban J connectivity index is 0.00000380. The molecular formula is C30H42ClNO5. The standard InChI is InChI=1S/C30H41NO5.ClH/c1-33-27-15-12-22-19-26(14-11-23(22)20-27)31(25-9-5-4-6-10-25)17-7-8-18-36-30(32)24-13-16-28(34-2)29(21-24)35-3;/h12-13,15-16,20-21,25-26H,4-11,14,17-19H2,1-3H3;1H. The van der Waals surface area contributed by atoms with Crippen molar-refractivity contribution in [2.75, 3.05) is 34.5 Å². The lowest BCUT2D eigenvalue weighted by atomic mass is 9.85. The highest BCUT2D eigenvalue weighted by Crippen LogP contribution is 2.32. The largest absolute Gasteiger partial charge is 0.497 e. The minimum atomic E-state index is -0.320. The van der Waals surface area contributed by atoms with Crippen LogP contribution in [0.2, 0.25) is 0 Å². The number of nitrogens with zero attached hydrogens (tertiary/aromatic N) is 1. The summed E-state index contributed by atoms with van der Waals surface area (Å²) in [4.78, 5) is 15.3. The smallest absolute Gasteiger partial charge is 0.338 e. The first-order valence-corrected chi connectivity index (χ1v) is 13.4. The van der Waals surface area contributed by atoms with Crippen LogP contribution in [0.25, 0.3) is 0 Å². The van der Waals surface area contributed by atoms with Gasteiger partial charge < -0.3 is 18.9 Å². The zero-order valence-electron chi connectivity index (χ0n) is 22.5. The van der Waals surface area contributed by atoms with E-state index in [9.17, 15) is 4.79 Å². The Morgan fingerprint density at radius 2 is 1.62 bits per heavy atom. The van der Waals surface area contributed by atoms with Crippen molar-refractivity contribution >= 4 is 18.4 Å². The maximum atomic E-state index is 12.5. The van der Waals surface area contributed by atoms with Gasteiger partial charge in [-0.3, -0.25) is 4.90 Å². The molecule has 0 radical (unpaired) electrons. The second-order valence-electron chi connectivity index (χ2n) is 9.97. The molecule has 2 aromatic rings. The summed E-state index contributed by atoms with van der Waals surface area (Å²) in [6, 6.07) is 12.9. The summed E-state index contributed by atoms with van der Waals surface area (Å²) in [6.07, 6.45) is 12.0. The molecule has 4 rings (SSSR count). The number of esters is 1. The maximum Gasteiger partial charge on any atom is 0.338 e. The molecular weight excluding hydrogens is 490 g/mol. The number of ether oxygens (including phenoxy) is 4. The molecule has 0 spiro atoms. The van der Waals surface area contributed by atoms with Crippen LogP contribution in [0.1, 0.15) is 72.9 Å². The van der Waals surface area contributed by atoms with E-state index < -0.39 is 0 Å². The number of unbranched alkanes of at least 4 members (excludes halogenated alkanes) is 1. The lowest BCUT2D eigenvalue weighted by molar-refractivity contribution is 0.0480.